The molecule has 0 aromatic heterocycles. The third kappa shape index (κ3) is 5.90. The summed E-state index contributed by atoms with van der Waals surface area (Å²) in [4.78, 5) is 3.25. The van der Waals surface area contributed by atoms with E-state index in [1.54, 1.807) is 0 Å². The molecule has 0 radical (unpaired) electrons. The molecule has 1 rings (SSSR count). The van der Waals surface area contributed by atoms with Crippen LogP contribution in [-0.2, 0) is 0 Å². The van der Waals surface area contributed by atoms with E-state index in [0.29, 0.717) is 0 Å². The van der Waals surface area contributed by atoms with E-state index in [-0.39, 0.29) is 15.0 Å². The van der Waals surface area contributed by atoms with E-state index in [1.807, 2.05) is 12.1 Å². The van der Waals surface area contributed by atoms with E-state index in [4.69, 9.17) is 11.6 Å². The van der Waals surface area contributed by atoms with E-state index < -0.39 is 0 Å². The van der Waals surface area contributed by atoms with E-state index >= 15 is 0 Å². The van der Waals surface area contributed by atoms with Crippen molar-refractivity contribution in [2.75, 3.05) is 0 Å². The first-order chi connectivity index (χ1) is 7.33. The zero-order chi connectivity index (χ0) is 10.9. The van der Waals surface area contributed by atoms with Crippen molar-refractivity contribution in [2.24, 2.45) is 0 Å². The molecule has 0 unspecified atom stereocenters. The minimum atomic E-state index is 0.288. The molecule has 2 heteroatoms. The topological polar surface area (TPSA) is 0 Å². The molecule has 15 heavy (non-hydrogen) atoms. The number of hydrogen-bond donors (Lipinski definition) is 0. The van der Waals surface area contributed by atoms with Gasteiger partial charge in [-0.1, -0.05) is 0 Å². The first kappa shape index (κ1) is 12.7. The van der Waals surface area contributed by atoms with Crippen LogP contribution < -0.4 is 4.46 Å². The molecule has 0 aliphatic heterocycles. The number of benzene rings is 1. The van der Waals surface area contributed by atoms with Crippen molar-refractivity contribution in [1.82, 2.24) is 0 Å². The maximum absolute atomic E-state index is 5.80. The standard InChI is InChI=1S/C13H15ClSe/c1-2-3-4-5-6-11-15-13-9-7-12(14)8-10-13/h7-10H,2-5H2,1H3. The molecule has 1 aromatic rings. The van der Waals surface area contributed by atoms with Crippen molar-refractivity contribution in [3.05, 3.63) is 29.3 Å². The number of halogens is 1. The number of hydrogen-bond acceptors (Lipinski definition) is 0. The van der Waals surface area contributed by atoms with Crippen molar-refractivity contribution >= 4 is 31.0 Å². The van der Waals surface area contributed by atoms with Gasteiger partial charge in [0.1, 0.15) is 0 Å². The van der Waals surface area contributed by atoms with Gasteiger partial charge in [-0.3, -0.25) is 0 Å². The van der Waals surface area contributed by atoms with E-state index in [0.717, 1.165) is 11.4 Å². The van der Waals surface area contributed by atoms with Crippen LogP contribution in [0.15, 0.2) is 24.3 Å². The monoisotopic (exact) mass is 286 g/mol. The Morgan fingerprint density at radius 3 is 2.60 bits per heavy atom. The molecule has 0 N–H and O–H groups in total. The Kier molecular flexibility index (Phi) is 6.60. The van der Waals surface area contributed by atoms with Crippen LogP contribution in [0.2, 0.25) is 5.02 Å². The van der Waals surface area contributed by atoms with E-state index in [1.165, 1.54) is 23.7 Å². The van der Waals surface area contributed by atoms with Gasteiger partial charge < -0.3 is 0 Å². The Labute approximate surface area is 104 Å². The van der Waals surface area contributed by atoms with E-state index in [9.17, 15) is 0 Å². The van der Waals surface area contributed by atoms with Crippen LogP contribution in [0.25, 0.3) is 0 Å². The molecule has 80 valence electrons. The van der Waals surface area contributed by atoms with Crippen molar-refractivity contribution in [2.45, 2.75) is 32.6 Å². The van der Waals surface area contributed by atoms with Gasteiger partial charge in [0.05, 0.1) is 0 Å². The Morgan fingerprint density at radius 2 is 1.93 bits per heavy atom. The maximum atomic E-state index is 5.80. The van der Waals surface area contributed by atoms with Crippen molar-refractivity contribution in [3.8, 4) is 10.7 Å². The molecule has 0 heterocycles. The molecule has 0 saturated heterocycles. The normalized spacial score (nSPS) is 9.47. The minimum absolute atomic E-state index is 0.288. The summed E-state index contributed by atoms with van der Waals surface area (Å²) in [7, 11) is 0. The van der Waals surface area contributed by atoms with Crippen LogP contribution in [0.1, 0.15) is 32.6 Å². The van der Waals surface area contributed by atoms with Crippen LogP contribution >= 0.6 is 11.6 Å². The van der Waals surface area contributed by atoms with Crippen molar-refractivity contribution in [3.63, 3.8) is 0 Å². The average molecular weight is 286 g/mol. The van der Waals surface area contributed by atoms with Gasteiger partial charge in [-0.05, 0) is 0 Å². The molecule has 0 atom stereocenters. The molecule has 0 fully saturated rings. The third-order valence-electron chi connectivity index (χ3n) is 1.96. The van der Waals surface area contributed by atoms with Crippen molar-refractivity contribution < 1.29 is 0 Å². The molecular weight excluding hydrogens is 271 g/mol. The van der Waals surface area contributed by atoms with Gasteiger partial charge in [0.25, 0.3) is 0 Å². The van der Waals surface area contributed by atoms with Crippen LogP contribution in [0.5, 0.6) is 0 Å². The van der Waals surface area contributed by atoms with Gasteiger partial charge >= 0.3 is 104 Å². The number of rotatable bonds is 4. The predicted octanol–water partition coefficient (Wildman–Crippen LogP) is 3.21. The first-order valence-electron chi connectivity index (χ1n) is 5.23. The van der Waals surface area contributed by atoms with Gasteiger partial charge in [-0.15, -0.1) is 0 Å². The zero-order valence-corrected chi connectivity index (χ0v) is 11.4. The molecule has 0 aliphatic carbocycles. The van der Waals surface area contributed by atoms with Gasteiger partial charge in [0.2, 0.25) is 0 Å². The Balaban J connectivity index is 2.27. The van der Waals surface area contributed by atoms with Crippen LogP contribution in [0.3, 0.4) is 0 Å². The SMILES string of the molecule is CCCCCC#C[Se]c1ccc(Cl)cc1. The summed E-state index contributed by atoms with van der Waals surface area (Å²) in [5.41, 5.74) is 0. The van der Waals surface area contributed by atoms with Gasteiger partial charge in [0.15, 0.2) is 0 Å². The quantitative estimate of drug-likeness (QED) is 0.453. The summed E-state index contributed by atoms with van der Waals surface area (Å²) in [6, 6.07) is 7.97. The van der Waals surface area contributed by atoms with Crippen LogP contribution in [-0.4, -0.2) is 15.0 Å². The second-order valence-corrected chi connectivity index (χ2v) is 5.57. The third-order valence-corrected chi connectivity index (χ3v) is 3.79. The molecule has 0 aliphatic rings. The molecule has 0 amide bonds. The summed E-state index contributed by atoms with van der Waals surface area (Å²) < 4.78 is 1.30. The summed E-state index contributed by atoms with van der Waals surface area (Å²) in [5.74, 6) is 3.23. The van der Waals surface area contributed by atoms with Gasteiger partial charge in [-0.2, -0.15) is 0 Å². The zero-order valence-electron chi connectivity index (χ0n) is 8.92. The molecular formula is C13H15ClSe. The molecule has 0 bridgehead atoms. The second-order valence-electron chi connectivity index (χ2n) is 3.29. The molecule has 1 aromatic carbocycles. The fourth-order valence-electron chi connectivity index (χ4n) is 1.11. The number of unbranched alkanes of at least 4 members (excludes halogenated alkanes) is 3. The summed E-state index contributed by atoms with van der Waals surface area (Å²) >= 11 is 6.09. The van der Waals surface area contributed by atoms with Gasteiger partial charge in [-0.25, -0.2) is 0 Å². The van der Waals surface area contributed by atoms with Crippen LogP contribution in [0.4, 0.5) is 0 Å². The summed E-state index contributed by atoms with van der Waals surface area (Å²) in [5, 5.41) is 0.797. The molecule has 0 saturated carbocycles. The Morgan fingerprint density at radius 1 is 1.20 bits per heavy atom. The average Bonchev–Trinajstić information content (AvgIpc) is 2.26. The van der Waals surface area contributed by atoms with Crippen molar-refractivity contribution in [1.29, 1.82) is 0 Å². The molecule has 0 spiro atoms. The summed E-state index contributed by atoms with van der Waals surface area (Å²) in [6.45, 7) is 2.21. The fourth-order valence-corrected chi connectivity index (χ4v) is 2.42. The van der Waals surface area contributed by atoms with Gasteiger partial charge in [0, 0.05) is 0 Å². The first-order valence-corrected chi connectivity index (χ1v) is 7.32. The molecule has 0 nitrogen and oxygen atoms in total. The Hall–Kier alpha value is -0.411. The fraction of sp³-hybridized carbons (Fsp3) is 0.385. The predicted molar refractivity (Wildman–Crippen MR) is 68.8 cm³/mol. The van der Waals surface area contributed by atoms with Crippen LogP contribution in [0, 0.1) is 10.7 Å². The Bertz CT molecular complexity index is 332. The second kappa shape index (κ2) is 7.83. The summed E-state index contributed by atoms with van der Waals surface area (Å²) in [6.07, 6.45) is 4.84. The van der Waals surface area contributed by atoms with E-state index in [2.05, 4.69) is 29.8 Å².